The lowest BCUT2D eigenvalue weighted by atomic mass is 10.0. The van der Waals surface area contributed by atoms with Gasteiger partial charge in [-0.05, 0) is 12.8 Å². The summed E-state index contributed by atoms with van der Waals surface area (Å²) in [5.74, 6) is 0.319. The zero-order valence-electron chi connectivity index (χ0n) is 6.16. The van der Waals surface area contributed by atoms with E-state index in [9.17, 15) is 5.11 Å². The molecule has 0 bridgehead atoms. The Morgan fingerprint density at radius 1 is 1.44 bits per heavy atom. The predicted octanol–water partition coefficient (Wildman–Crippen LogP) is 0.791. The van der Waals surface area contributed by atoms with Crippen molar-refractivity contribution in [1.82, 2.24) is 0 Å². The van der Waals surface area contributed by atoms with Crippen molar-refractivity contribution in [2.75, 3.05) is 0 Å². The molecule has 2 heteroatoms. The molecule has 0 radical (unpaired) electrons. The average Bonchev–Trinajstić information content (AvgIpc) is 2.44. The van der Waals surface area contributed by atoms with Crippen LogP contribution < -0.4 is 0 Å². The van der Waals surface area contributed by atoms with Gasteiger partial charge in [0.1, 0.15) is 6.10 Å². The first-order chi connectivity index (χ1) is 4.13. The summed E-state index contributed by atoms with van der Waals surface area (Å²) in [6, 6.07) is 0. The third-order valence-corrected chi connectivity index (χ3v) is 1.78. The first kappa shape index (κ1) is 7.03. The maximum atomic E-state index is 9.31. The van der Waals surface area contributed by atoms with Crippen LogP contribution in [0.3, 0.4) is 0 Å². The van der Waals surface area contributed by atoms with Gasteiger partial charge in [-0.25, -0.2) is 0 Å². The number of rotatable bonds is 2. The molecule has 3 atom stereocenters. The molecule has 9 heavy (non-hydrogen) atoms. The summed E-state index contributed by atoms with van der Waals surface area (Å²) in [4.78, 5) is 0. The second kappa shape index (κ2) is 2.27. The summed E-state index contributed by atoms with van der Waals surface area (Å²) in [5.41, 5.74) is 0. The molecular formula is C7H14O2. The Morgan fingerprint density at radius 3 is 2.00 bits per heavy atom. The number of hydrogen-bond donors (Lipinski definition) is 1. The minimum absolute atomic E-state index is 0.116. The monoisotopic (exact) mass is 130 g/mol. The molecule has 1 saturated heterocycles. The third kappa shape index (κ3) is 1.43. The highest BCUT2D eigenvalue weighted by molar-refractivity contribution is 4.88. The molecule has 2 nitrogen and oxygen atoms in total. The van der Waals surface area contributed by atoms with Crippen LogP contribution in [0.5, 0.6) is 0 Å². The van der Waals surface area contributed by atoms with Gasteiger partial charge in [-0.2, -0.15) is 0 Å². The van der Waals surface area contributed by atoms with Crippen LogP contribution >= 0.6 is 0 Å². The van der Waals surface area contributed by atoms with Crippen molar-refractivity contribution in [2.45, 2.75) is 39.1 Å². The largest absolute Gasteiger partial charge is 0.390 e. The van der Waals surface area contributed by atoms with Gasteiger partial charge in [0.05, 0.1) is 12.2 Å². The number of aliphatic hydroxyl groups excluding tert-OH is 1. The highest BCUT2D eigenvalue weighted by atomic mass is 16.6. The maximum absolute atomic E-state index is 9.31. The van der Waals surface area contributed by atoms with Crippen LogP contribution in [-0.2, 0) is 4.74 Å². The van der Waals surface area contributed by atoms with Crippen molar-refractivity contribution >= 4 is 0 Å². The Hall–Kier alpha value is -0.0800. The topological polar surface area (TPSA) is 32.8 Å². The maximum Gasteiger partial charge on any atom is 0.110 e. The SMILES string of the molecule is CC(C)[C@H](O)[C@@H]1O[C@H]1C. The number of ether oxygens (including phenoxy) is 1. The molecule has 0 aromatic heterocycles. The van der Waals surface area contributed by atoms with E-state index in [2.05, 4.69) is 0 Å². The van der Waals surface area contributed by atoms with Crippen molar-refractivity contribution in [1.29, 1.82) is 0 Å². The molecule has 0 aromatic rings. The van der Waals surface area contributed by atoms with E-state index in [4.69, 9.17) is 4.74 Å². The minimum Gasteiger partial charge on any atom is -0.390 e. The Kier molecular flexibility index (Phi) is 1.78. The third-order valence-electron chi connectivity index (χ3n) is 1.78. The lowest BCUT2D eigenvalue weighted by Crippen LogP contribution is -2.22. The van der Waals surface area contributed by atoms with E-state index in [0.717, 1.165) is 0 Å². The lowest BCUT2D eigenvalue weighted by Gasteiger charge is -2.09. The molecule has 0 spiro atoms. The number of epoxide rings is 1. The highest BCUT2D eigenvalue weighted by Crippen LogP contribution is 2.27. The van der Waals surface area contributed by atoms with Crippen LogP contribution in [-0.4, -0.2) is 23.4 Å². The van der Waals surface area contributed by atoms with Crippen LogP contribution in [0.2, 0.25) is 0 Å². The molecule has 0 amide bonds. The van der Waals surface area contributed by atoms with Crippen LogP contribution in [0.1, 0.15) is 20.8 Å². The number of hydrogen-bond acceptors (Lipinski definition) is 2. The van der Waals surface area contributed by atoms with Crippen LogP contribution in [0.25, 0.3) is 0 Å². The second-order valence-corrected chi connectivity index (χ2v) is 3.04. The van der Waals surface area contributed by atoms with E-state index >= 15 is 0 Å². The fourth-order valence-electron chi connectivity index (χ4n) is 0.940. The predicted molar refractivity (Wildman–Crippen MR) is 35.2 cm³/mol. The molecule has 1 aliphatic heterocycles. The Labute approximate surface area is 55.8 Å². The number of aliphatic hydroxyl groups is 1. The summed E-state index contributed by atoms with van der Waals surface area (Å²) in [7, 11) is 0. The summed E-state index contributed by atoms with van der Waals surface area (Å²) in [6.45, 7) is 5.98. The fraction of sp³-hybridized carbons (Fsp3) is 1.00. The van der Waals surface area contributed by atoms with E-state index in [0.29, 0.717) is 5.92 Å². The minimum atomic E-state index is -0.264. The molecule has 1 heterocycles. The molecule has 1 rings (SSSR count). The van der Waals surface area contributed by atoms with Crippen molar-refractivity contribution in [2.24, 2.45) is 5.92 Å². The fourth-order valence-corrected chi connectivity index (χ4v) is 0.940. The molecule has 0 aliphatic carbocycles. The first-order valence-electron chi connectivity index (χ1n) is 3.46. The summed E-state index contributed by atoms with van der Waals surface area (Å²) >= 11 is 0. The molecule has 54 valence electrons. The smallest absolute Gasteiger partial charge is 0.110 e. The van der Waals surface area contributed by atoms with Crippen LogP contribution in [0.15, 0.2) is 0 Å². The van der Waals surface area contributed by atoms with E-state index in [1.165, 1.54) is 0 Å². The molecule has 1 N–H and O–H groups in total. The highest BCUT2D eigenvalue weighted by Gasteiger charge is 2.41. The van der Waals surface area contributed by atoms with Gasteiger partial charge in [0, 0.05) is 0 Å². The van der Waals surface area contributed by atoms with Crippen molar-refractivity contribution in [3.63, 3.8) is 0 Å². The lowest BCUT2D eigenvalue weighted by molar-refractivity contribution is 0.0922. The molecule has 1 aliphatic rings. The van der Waals surface area contributed by atoms with Gasteiger partial charge in [0.25, 0.3) is 0 Å². The van der Waals surface area contributed by atoms with E-state index in [1.807, 2.05) is 20.8 Å². The van der Waals surface area contributed by atoms with Crippen LogP contribution in [0.4, 0.5) is 0 Å². The van der Waals surface area contributed by atoms with Gasteiger partial charge in [-0.1, -0.05) is 13.8 Å². The Morgan fingerprint density at radius 2 is 1.89 bits per heavy atom. The van der Waals surface area contributed by atoms with Crippen molar-refractivity contribution in [3.05, 3.63) is 0 Å². The normalized spacial score (nSPS) is 37.0. The van der Waals surface area contributed by atoms with Gasteiger partial charge < -0.3 is 9.84 Å². The summed E-state index contributed by atoms with van der Waals surface area (Å²) in [6.07, 6.45) is 0.132. The standard InChI is InChI=1S/C7H14O2/c1-4(2)6(8)7-5(3)9-7/h4-8H,1-3H3/t5-,6-,7+/m0/s1. The van der Waals surface area contributed by atoms with Crippen LogP contribution in [0, 0.1) is 5.92 Å². The van der Waals surface area contributed by atoms with Crippen molar-refractivity contribution in [3.8, 4) is 0 Å². The quantitative estimate of drug-likeness (QED) is 0.560. The van der Waals surface area contributed by atoms with Gasteiger partial charge >= 0.3 is 0 Å². The molecular weight excluding hydrogens is 116 g/mol. The Balaban J connectivity index is 2.27. The molecule has 0 aromatic carbocycles. The van der Waals surface area contributed by atoms with E-state index in [1.54, 1.807) is 0 Å². The Bertz CT molecular complexity index is 101. The van der Waals surface area contributed by atoms with Gasteiger partial charge in [0.15, 0.2) is 0 Å². The zero-order valence-corrected chi connectivity index (χ0v) is 6.16. The van der Waals surface area contributed by atoms with Crippen molar-refractivity contribution < 1.29 is 9.84 Å². The summed E-state index contributed by atoms with van der Waals surface area (Å²) in [5, 5.41) is 9.31. The van der Waals surface area contributed by atoms with Gasteiger partial charge in [0.2, 0.25) is 0 Å². The zero-order chi connectivity index (χ0) is 7.02. The van der Waals surface area contributed by atoms with E-state index < -0.39 is 0 Å². The first-order valence-corrected chi connectivity index (χ1v) is 3.46. The molecule has 1 fully saturated rings. The second-order valence-electron chi connectivity index (χ2n) is 3.04. The molecule has 0 unspecified atom stereocenters. The van der Waals surface area contributed by atoms with Gasteiger partial charge in [-0.15, -0.1) is 0 Å². The van der Waals surface area contributed by atoms with Gasteiger partial charge in [-0.3, -0.25) is 0 Å². The average molecular weight is 130 g/mol. The van der Waals surface area contributed by atoms with E-state index in [-0.39, 0.29) is 18.3 Å². The summed E-state index contributed by atoms with van der Waals surface area (Å²) < 4.78 is 5.09. The molecule has 0 saturated carbocycles.